The van der Waals surface area contributed by atoms with Crippen LogP contribution in [0.5, 0.6) is 0 Å². The van der Waals surface area contributed by atoms with Crippen molar-refractivity contribution in [3.8, 4) is 0 Å². The van der Waals surface area contributed by atoms with Gasteiger partial charge in [0.25, 0.3) is 0 Å². The number of aliphatic hydroxyl groups excluding tert-OH is 3. The van der Waals surface area contributed by atoms with Gasteiger partial charge in [0.2, 0.25) is 0 Å². The van der Waals surface area contributed by atoms with E-state index in [-0.39, 0.29) is 6.29 Å². The maximum Gasteiger partial charge on any atom is 0.397 e. The van der Waals surface area contributed by atoms with Crippen LogP contribution in [0.1, 0.15) is 0 Å². The molecule has 0 aromatic carbocycles. The largest absolute Gasteiger partial charge is 0.397 e. The summed E-state index contributed by atoms with van der Waals surface area (Å²) in [4.78, 5) is 10.1. The average Bonchev–Trinajstić information content (AvgIpc) is 2.21. The van der Waals surface area contributed by atoms with Gasteiger partial charge in [0.15, 0.2) is 0 Å². The highest BCUT2D eigenvalue weighted by Crippen LogP contribution is 2.04. The molecule has 96 valence electrons. The molecule has 16 heavy (non-hydrogen) atoms. The fraction of sp³-hybridized carbons (Fsp3) is 0.833. The van der Waals surface area contributed by atoms with E-state index >= 15 is 0 Å². The minimum Gasteiger partial charge on any atom is -0.388 e. The van der Waals surface area contributed by atoms with Crippen LogP contribution in [0.3, 0.4) is 0 Å². The second-order valence-corrected chi connectivity index (χ2v) is 4.07. The minimum atomic E-state index is -4.76. The lowest BCUT2D eigenvalue weighted by atomic mass is 10.0. The maximum absolute atomic E-state index is 10.1. The molecule has 0 amide bonds. The first-order chi connectivity index (χ1) is 7.19. The average molecular weight is 259 g/mol. The van der Waals surface area contributed by atoms with E-state index < -0.39 is 41.4 Å². The summed E-state index contributed by atoms with van der Waals surface area (Å²) in [5.41, 5.74) is 5.04. The summed E-state index contributed by atoms with van der Waals surface area (Å²) >= 11 is 0. The molecule has 0 aliphatic rings. The Hall–Kier alpha value is -0.620. The molecular weight excluding hydrogens is 246 g/mol. The molecule has 0 bridgehead atoms. The van der Waals surface area contributed by atoms with Gasteiger partial charge in [-0.3, -0.25) is 4.55 Å². The van der Waals surface area contributed by atoms with Gasteiger partial charge in [-0.05, 0) is 0 Å². The lowest BCUT2D eigenvalue weighted by Crippen LogP contribution is -2.50. The van der Waals surface area contributed by atoms with E-state index in [4.69, 9.17) is 20.5 Å². The van der Waals surface area contributed by atoms with Crippen molar-refractivity contribution in [3.63, 3.8) is 0 Å². The number of carbonyl (C=O) groups excluding carboxylic acids is 1. The Balaban J connectivity index is 4.27. The van der Waals surface area contributed by atoms with Crippen LogP contribution >= 0.6 is 0 Å². The summed E-state index contributed by atoms with van der Waals surface area (Å²) < 4.78 is 32.1. The van der Waals surface area contributed by atoms with Gasteiger partial charge in [-0.2, -0.15) is 8.42 Å². The van der Waals surface area contributed by atoms with Crippen molar-refractivity contribution in [3.05, 3.63) is 0 Å². The predicted octanol–water partition coefficient (Wildman–Crippen LogP) is -3.59. The van der Waals surface area contributed by atoms with Gasteiger partial charge in [-0.15, -0.1) is 0 Å². The van der Waals surface area contributed by atoms with Gasteiger partial charge in [-0.25, -0.2) is 4.18 Å². The highest BCUT2D eigenvalue weighted by atomic mass is 32.3. The number of aliphatic hydroxyl groups is 3. The molecule has 6 N–H and O–H groups in total. The first-order valence-electron chi connectivity index (χ1n) is 4.06. The SMILES string of the molecule is N[C@H](C=O)[C@H](O)[C@H](O)[C@H](O)COS(=O)(=O)O. The van der Waals surface area contributed by atoms with Crippen molar-refractivity contribution in [2.45, 2.75) is 24.4 Å². The van der Waals surface area contributed by atoms with E-state index in [1.807, 2.05) is 0 Å². The number of hydrogen-bond donors (Lipinski definition) is 5. The van der Waals surface area contributed by atoms with Crippen molar-refractivity contribution in [2.24, 2.45) is 5.73 Å². The first kappa shape index (κ1) is 15.4. The summed E-state index contributed by atoms with van der Waals surface area (Å²) in [6, 6.07) is -1.43. The summed E-state index contributed by atoms with van der Waals surface area (Å²) in [5, 5.41) is 27.5. The molecule has 0 aromatic heterocycles. The van der Waals surface area contributed by atoms with E-state index in [2.05, 4.69) is 4.18 Å². The molecule has 0 aromatic rings. The van der Waals surface area contributed by atoms with Gasteiger partial charge in [-0.1, -0.05) is 0 Å². The van der Waals surface area contributed by atoms with Crippen LogP contribution in [-0.2, 0) is 19.4 Å². The molecule has 0 radical (unpaired) electrons. The number of aldehydes is 1. The fourth-order valence-electron chi connectivity index (χ4n) is 0.790. The Morgan fingerprint density at radius 1 is 1.25 bits per heavy atom. The smallest absolute Gasteiger partial charge is 0.388 e. The van der Waals surface area contributed by atoms with Gasteiger partial charge >= 0.3 is 10.4 Å². The summed E-state index contributed by atoms with van der Waals surface area (Å²) in [5.74, 6) is 0. The van der Waals surface area contributed by atoms with E-state index in [9.17, 15) is 18.3 Å². The van der Waals surface area contributed by atoms with Crippen molar-refractivity contribution in [2.75, 3.05) is 6.61 Å². The number of nitrogens with two attached hydrogens (primary N) is 1. The van der Waals surface area contributed by atoms with Crippen LogP contribution in [-0.4, -0.2) is 65.5 Å². The second-order valence-electron chi connectivity index (χ2n) is 2.97. The standard InChI is InChI=1S/C6H13NO8S/c7-3(1-8)5(10)6(11)4(9)2-15-16(12,13)14/h1,3-6,9-11H,2,7H2,(H,12,13,14)/t3-,4-,5+,6-/m1/s1. The summed E-state index contributed by atoms with van der Waals surface area (Å²) in [7, 11) is -4.76. The molecule has 9 nitrogen and oxygen atoms in total. The lowest BCUT2D eigenvalue weighted by molar-refractivity contribution is -0.117. The Kier molecular flexibility index (Phi) is 5.96. The van der Waals surface area contributed by atoms with Gasteiger partial charge in [0.1, 0.15) is 24.6 Å². The highest BCUT2D eigenvalue weighted by Gasteiger charge is 2.30. The maximum atomic E-state index is 10.1. The summed E-state index contributed by atoms with van der Waals surface area (Å²) in [6.07, 6.45) is -5.35. The van der Waals surface area contributed by atoms with Crippen LogP contribution < -0.4 is 5.73 Å². The molecule has 0 saturated carbocycles. The molecule has 10 heteroatoms. The number of carbonyl (C=O) groups is 1. The third-order valence-corrected chi connectivity index (χ3v) is 2.12. The molecule has 0 saturated heterocycles. The third-order valence-electron chi connectivity index (χ3n) is 1.68. The Labute approximate surface area is 91.4 Å². The zero-order valence-electron chi connectivity index (χ0n) is 8.00. The first-order valence-corrected chi connectivity index (χ1v) is 5.42. The van der Waals surface area contributed by atoms with Crippen LogP contribution in [0.2, 0.25) is 0 Å². The Morgan fingerprint density at radius 3 is 2.12 bits per heavy atom. The van der Waals surface area contributed by atoms with Gasteiger partial charge < -0.3 is 25.8 Å². The van der Waals surface area contributed by atoms with Crippen molar-refractivity contribution >= 4 is 16.7 Å². The Bertz CT molecular complexity index is 316. The molecule has 0 heterocycles. The van der Waals surface area contributed by atoms with Gasteiger partial charge in [0.05, 0.1) is 12.6 Å². The van der Waals surface area contributed by atoms with E-state index in [1.165, 1.54) is 0 Å². The highest BCUT2D eigenvalue weighted by molar-refractivity contribution is 7.80. The van der Waals surface area contributed by atoms with Crippen molar-refractivity contribution in [1.82, 2.24) is 0 Å². The fourth-order valence-corrected chi connectivity index (χ4v) is 1.10. The number of hydrogen-bond acceptors (Lipinski definition) is 8. The second kappa shape index (κ2) is 6.20. The molecule has 0 aliphatic heterocycles. The van der Waals surface area contributed by atoms with Crippen LogP contribution in [0.15, 0.2) is 0 Å². The monoisotopic (exact) mass is 259 g/mol. The molecule has 0 fully saturated rings. The molecular formula is C6H13NO8S. The van der Waals surface area contributed by atoms with E-state index in [1.54, 1.807) is 0 Å². The van der Waals surface area contributed by atoms with Crippen molar-refractivity contribution < 1.29 is 37.3 Å². The Morgan fingerprint density at radius 2 is 1.75 bits per heavy atom. The predicted molar refractivity (Wildman–Crippen MR) is 49.6 cm³/mol. The molecule has 0 spiro atoms. The van der Waals surface area contributed by atoms with E-state index in [0.29, 0.717) is 0 Å². The summed E-state index contributed by atoms with van der Waals surface area (Å²) in [6.45, 7) is -0.983. The van der Waals surface area contributed by atoms with Gasteiger partial charge in [0, 0.05) is 0 Å². The van der Waals surface area contributed by atoms with E-state index in [0.717, 1.165) is 0 Å². The molecule has 4 atom stereocenters. The number of rotatable bonds is 7. The van der Waals surface area contributed by atoms with Crippen LogP contribution in [0, 0.1) is 0 Å². The zero-order valence-corrected chi connectivity index (χ0v) is 8.82. The topological polar surface area (TPSA) is 167 Å². The normalized spacial score (nSPS) is 19.8. The third kappa shape index (κ3) is 5.46. The molecule has 0 rings (SSSR count). The molecule has 0 aliphatic carbocycles. The lowest BCUT2D eigenvalue weighted by Gasteiger charge is -2.23. The zero-order chi connectivity index (χ0) is 12.9. The van der Waals surface area contributed by atoms with Crippen LogP contribution in [0.25, 0.3) is 0 Å². The molecule has 0 unspecified atom stereocenters. The quantitative estimate of drug-likeness (QED) is 0.229. The minimum absolute atomic E-state index is 0.143. The van der Waals surface area contributed by atoms with Crippen LogP contribution in [0.4, 0.5) is 0 Å². The van der Waals surface area contributed by atoms with Crippen molar-refractivity contribution in [1.29, 1.82) is 0 Å².